The third-order valence-corrected chi connectivity index (χ3v) is 5.30. The van der Waals surface area contributed by atoms with Crippen molar-refractivity contribution in [2.45, 2.75) is 19.3 Å². The molecule has 3 heterocycles. The molecule has 0 unspecified atom stereocenters. The van der Waals surface area contributed by atoms with Crippen LogP contribution < -0.4 is 5.32 Å². The molecule has 1 N–H and O–H groups in total. The van der Waals surface area contributed by atoms with Crippen LogP contribution in [-0.4, -0.2) is 52.0 Å². The number of carbonyl (C=O) groups is 1. The number of piperidine rings is 1. The molecular weight excluding hydrogens is 314 g/mol. The van der Waals surface area contributed by atoms with E-state index >= 15 is 0 Å². The first-order valence-electron chi connectivity index (χ1n) is 7.96. The van der Waals surface area contributed by atoms with E-state index in [2.05, 4.69) is 15.6 Å². The number of amides is 1. The molecule has 0 radical (unpaired) electrons. The van der Waals surface area contributed by atoms with Gasteiger partial charge in [-0.3, -0.25) is 4.79 Å². The molecule has 2 fully saturated rings. The molecule has 0 atom stereocenters. The Hall–Kier alpha value is -1.66. The maximum Gasteiger partial charge on any atom is 0.253 e. The Labute approximate surface area is 141 Å². The molecule has 0 saturated carbocycles. The topological polar surface area (TPSA) is 63.1 Å². The molecule has 1 aromatic carbocycles. The first kappa shape index (κ1) is 16.2. The summed E-state index contributed by atoms with van der Waals surface area (Å²) < 4.78 is 1.72. The Morgan fingerprint density at radius 1 is 1.26 bits per heavy atom. The summed E-state index contributed by atoms with van der Waals surface area (Å²) in [6, 6.07) is 5.66. The molecule has 0 bridgehead atoms. The fraction of sp³-hybridized carbons (Fsp3) is 0.562. The van der Waals surface area contributed by atoms with Crippen LogP contribution in [0.4, 0.5) is 0 Å². The second-order valence-corrected chi connectivity index (χ2v) is 6.64. The summed E-state index contributed by atoms with van der Waals surface area (Å²) in [6.45, 7) is 3.95. The minimum absolute atomic E-state index is 0. The largest absolute Gasteiger partial charge is 0.339 e. The Balaban J connectivity index is 0.00000156. The molecule has 4 rings (SSSR count). The lowest BCUT2D eigenvalue weighted by atomic mass is 9.78. The molecule has 23 heavy (non-hydrogen) atoms. The number of nitrogens with zero attached hydrogens (tertiary/aromatic N) is 4. The van der Waals surface area contributed by atoms with Crippen molar-refractivity contribution in [3.8, 4) is 0 Å². The zero-order chi connectivity index (χ0) is 15.2. The number of nitrogens with one attached hydrogen (secondary N) is 1. The van der Waals surface area contributed by atoms with Gasteiger partial charge in [-0.05, 0) is 49.4 Å². The molecule has 1 aromatic heterocycles. The summed E-state index contributed by atoms with van der Waals surface area (Å²) in [4.78, 5) is 14.7. The van der Waals surface area contributed by atoms with Crippen LogP contribution in [-0.2, 0) is 7.05 Å². The van der Waals surface area contributed by atoms with Gasteiger partial charge >= 0.3 is 0 Å². The second kappa shape index (κ2) is 6.09. The molecule has 6 nitrogen and oxygen atoms in total. The van der Waals surface area contributed by atoms with Gasteiger partial charge in [-0.15, -0.1) is 17.5 Å². The molecule has 2 aromatic rings. The highest BCUT2D eigenvalue weighted by molar-refractivity contribution is 5.97. The molecule has 2 saturated heterocycles. The number of hydrogen-bond donors (Lipinski definition) is 1. The number of halogens is 1. The van der Waals surface area contributed by atoms with E-state index in [4.69, 9.17) is 0 Å². The number of hydrogen-bond acceptors (Lipinski definition) is 4. The van der Waals surface area contributed by atoms with E-state index in [0.29, 0.717) is 11.0 Å². The third-order valence-electron chi connectivity index (χ3n) is 5.30. The van der Waals surface area contributed by atoms with E-state index in [9.17, 15) is 4.79 Å². The maximum absolute atomic E-state index is 12.7. The maximum atomic E-state index is 12.7. The summed E-state index contributed by atoms with van der Waals surface area (Å²) in [5, 5.41) is 11.5. The SMILES string of the molecule is Cl.Cn1nnc2cc(C(=O)N3CCC4(CCNC4)CC3)ccc21. The average molecular weight is 336 g/mol. The van der Waals surface area contributed by atoms with Gasteiger partial charge in [0.2, 0.25) is 0 Å². The Kier molecular flexibility index (Phi) is 4.29. The molecule has 124 valence electrons. The summed E-state index contributed by atoms with van der Waals surface area (Å²) in [5.41, 5.74) is 2.88. The molecule has 2 aliphatic rings. The first-order chi connectivity index (χ1) is 10.7. The predicted molar refractivity (Wildman–Crippen MR) is 90.8 cm³/mol. The first-order valence-corrected chi connectivity index (χ1v) is 7.96. The lowest BCUT2D eigenvalue weighted by Gasteiger charge is -2.38. The van der Waals surface area contributed by atoms with Gasteiger partial charge in [0.1, 0.15) is 5.52 Å². The smallest absolute Gasteiger partial charge is 0.253 e. The highest BCUT2D eigenvalue weighted by Gasteiger charge is 2.38. The number of rotatable bonds is 1. The van der Waals surface area contributed by atoms with Gasteiger partial charge in [0.25, 0.3) is 5.91 Å². The number of aryl methyl sites for hydroxylation is 1. The van der Waals surface area contributed by atoms with E-state index in [-0.39, 0.29) is 18.3 Å². The van der Waals surface area contributed by atoms with Crippen LogP contribution in [0.1, 0.15) is 29.6 Å². The fourth-order valence-corrected chi connectivity index (χ4v) is 3.76. The van der Waals surface area contributed by atoms with Crippen LogP contribution in [0.5, 0.6) is 0 Å². The van der Waals surface area contributed by atoms with Gasteiger partial charge in [-0.1, -0.05) is 5.21 Å². The van der Waals surface area contributed by atoms with Gasteiger partial charge in [0, 0.05) is 32.2 Å². The summed E-state index contributed by atoms with van der Waals surface area (Å²) >= 11 is 0. The lowest BCUT2D eigenvalue weighted by molar-refractivity contribution is 0.0608. The monoisotopic (exact) mass is 335 g/mol. The van der Waals surface area contributed by atoms with E-state index in [0.717, 1.165) is 50.1 Å². The number of aromatic nitrogens is 3. The van der Waals surface area contributed by atoms with Gasteiger partial charge < -0.3 is 10.2 Å². The van der Waals surface area contributed by atoms with Gasteiger partial charge in [-0.2, -0.15) is 0 Å². The van der Waals surface area contributed by atoms with Crippen LogP contribution in [0.3, 0.4) is 0 Å². The van der Waals surface area contributed by atoms with E-state index in [1.165, 1.54) is 6.42 Å². The van der Waals surface area contributed by atoms with Gasteiger partial charge in [-0.25, -0.2) is 4.68 Å². The van der Waals surface area contributed by atoms with E-state index in [1.807, 2.05) is 30.1 Å². The summed E-state index contributed by atoms with van der Waals surface area (Å²) in [7, 11) is 1.86. The molecule has 7 heteroatoms. The predicted octanol–water partition coefficient (Wildman–Crippen LogP) is 1.61. The summed E-state index contributed by atoms with van der Waals surface area (Å²) in [6.07, 6.45) is 3.47. The number of likely N-dealkylation sites (tertiary alicyclic amines) is 1. The van der Waals surface area contributed by atoms with Crippen LogP contribution in [0.15, 0.2) is 18.2 Å². The van der Waals surface area contributed by atoms with Crippen molar-refractivity contribution in [2.75, 3.05) is 26.2 Å². The Morgan fingerprint density at radius 2 is 2.04 bits per heavy atom. The van der Waals surface area contributed by atoms with Crippen molar-refractivity contribution >= 4 is 29.3 Å². The highest BCUT2D eigenvalue weighted by atomic mass is 35.5. The normalized spacial score (nSPS) is 20.0. The minimum Gasteiger partial charge on any atom is -0.339 e. The Morgan fingerprint density at radius 3 is 2.74 bits per heavy atom. The summed E-state index contributed by atoms with van der Waals surface area (Å²) in [5.74, 6) is 0.119. The van der Waals surface area contributed by atoms with Crippen molar-refractivity contribution in [1.82, 2.24) is 25.2 Å². The number of benzene rings is 1. The van der Waals surface area contributed by atoms with Crippen LogP contribution >= 0.6 is 12.4 Å². The average Bonchev–Trinajstić information content (AvgIpc) is 3.15. The van der Waals surface area contributed by atoms with Crippen LogP contribution in [0.25, 0.3) is 11.0 Å². The van der Waals surface area contributed by atoms with E-state index < -0.39 is 0 Å². The zero-order valence-electron chi connectivity index (χ0n) is 13.3. The highest BCUT2D eigenvalue weighted by Crippen LogP contribution is 2.37. The molecule has 0 aliphatic carbocycles. The van der Waals surface area contributed by atoms with Gasteiger partial charge in [0.05, 0.1) is 5.52 Å². The fourth-order valence-electron chi connectivity index (χ4n) is 3.76. The van der Waals surface area contributed by atoms with Crippen LogP contribution in [0.2, 0.25) is 0 Å². The Bertz CT molecular complexity index is 712. The molecule has 1 amide bonds. The van der Waals surface area contributed by atoms with E-state index in [1.54, 1.807) is 4.68 Å². The van der Waals surface area contributed by atoms with Crippen molar-refractivity contribution in [2.24, 2.45) is 12.5 Å². The quantitative estimate of drug-likeness (QED) is 0.860. The zero-order valence-corrected chi connectivity index (χ0v) is 14.1. The van der Waals surface area contributed by atoms with Gasteiger partial charge in [0.15, 0.2) is 0 Å². The number of carbonyl (C=O) groups excluding carboxylic acids is 1. The molecule has 1 spiro atoms. The van der Waals surface area contributed by atoms with Crippen molar-refractivity contribution < 1.29 is 4.79 Å². The second-order valence-electron chi connectivity index (χ2n) is 6.64. The number of fused-ring (bicyclic) bond motifs is 1. The third kappa shape index (κ3) is 2.81. The molecule has 2 aliphatic heterocycles. The minimum atomic E-state index is 0. The van der Waals surface area contributed by atoms with Crippen molar-refractivity contribution in [1.29, 1.82) is 0 Å². The van der Waals surface area contributed by atoms with Crippen molar-refractivity contribution in [3.05, 3.63) is 23.8 Å². The van der Waals surface area contributed by atoms with Crippen LogP contribution in [0, 0.1) is 5.41 Å². The standard InChI is InChI=1S/C16H21N5O.ClH/c1-20-14-3-2-12(10-13(14)18-19-20)15(22)21-8-5-16(6-9-21)4-7-17-11-16;/h2-3,10,17H,4-9,11H2,1H3;1H. The van der Waals surface area contributed by atoms with Crippen molar-refractivity contribution in [3.63, 3.8) is 0 Å². The molecular formula is C16H22ClN5O. The lowest BCUT2D eigenvalue weighted by Crippen LogP contribution is -2.44.